The predicted molar refractivity (Wildman–Crippen MR) is 127 cm³/mol. The van der Waals surface area contributed by atoms with Gasteiger partial charge in [-0.3, -0.25) is 0 Å². The number of nitrogens with zero attached hydrogens (tertiary/aromatic N) is 5. The molecule has 0 atom stereocenters. The third-order valence-electron chi connectivity index (χ3n) is 6.02. The zero-order valence-electron chi connectivity index (χ0n) is 19.0. The minimum atomic E-state index is 0.771. The third kappa shape index (κ3) is 3.91. The maximum atomic E-state index is 5.03. The summed E-state index contributed by atoms with van der Waals surface area (Å²) < 4.78 is 9.32. The van der Waals surface area contributed by atoms with Gasteiger partial charge in [0.25, 0.3) is 0 Å². The van der Waals surface area contributed by atoms with E-state index < -0.39 is 0 Å². The van der Waals surface area contributed by atoms with Crippen LogP contribution >= 0.6 is 0 Å². The molecule has 0 N–H and O–H groups in total. The van der Waals surface area contributed by atoms with Crippen molar-refractivity contribution < 1.29 is 9.13 Å². The van der Waals surface area contributed by atoms with Crippen LogP contribution in [0.2, 0.25) is 0 Å². The molecule has 3 aromatic heterocycles. The van der Waals surface area contributed by atoms with Gasteiger partial charge in [-0.15, -0.1) is 0 Å². The minimum Gasteiger partial charge on any atom is -0.250 e. The maximum absolute atomic E-state index is 5.03. The third-order valence-corrected chi connectivity index (χ3v) is 6.02. The van der Waals surface area contributed by atoms with Crippen LogP contribution in [0.5, 0.6) is 0 Å². The van der Waals surface area contributed by atoms with E-state index >= 15 is 0 Å². The van der Waals surface area contributed by atoms with E-state index in [1.165, 1.54) is 22.1 Å². The molecule has 5 heteroatoms. The highest BCUT2D eigenvalue weighted by Gasteiger charge is 2.17. The Kier molecular flexibility index (Phi) is 5.71. The molecular weight excluding hydrogens is 394 g/mol. The number of aromatic nitrogens is 5. The summed E-state index contributed by atoms with van der Waals surface area (Å²) in [5.74, 6) is 0. The Morgan fingerprint density at radius 2 is 1.09 bits per heavy atom. The highest BCUT2D eigenvalue weighted by molar-refractivity contribution is 5.72. The van der Waals surface area contributed by atoms with E-state index in [-0.39, 0.29) is 0 Å². The van der Waals surface area contributed by atoms with Crippen LogP contribution in [-0.2, 0) is 26.2 Å². The molecule has 0 aliphatic rings. The van der Waals surface area contributed by atoms with Crippen molar-refractivity contribution in [3.8, 4) is 0 Å². The van der Waals surface area contributed by atoms with Crippen LogP contribution in [-0.4, -0.2) is 14.1 Å². The van der Waals surface area contributed by atoms with Crippen molar-refractivity contribution in [3.63, 3.8) is 0 Å². The van der Waals surface area contributed by atoms with Gasteiger partial charge in [0.15, 0.2) is 22.1 Å². The molecule has 162 valence electrons. The zero-order valence-corrected chi connectivity index (χ0v) is 19.0. The van der Waals surface area contributed by atoms with Crippen LogP contribution < -0.4 is 9.13 Å². The largest absolute Gasteiger partial charge is 0.250 e. The van der Waals surface area contributed by atoms with Crippen LogP contribution in [0, 0.1) is 0 Å². The first-order valence-electron chi connectivity index (χ1n) is 11.7. The molecule has 3 heterocycles. The number of benzene rings is 2. The lowest BCUT2D eigenvalue weighted by molar-refractivity contribution is -0.665. The zero-order chi connectivity index (χ0) is 21.9. The van der Waals surface area contributed by atoms with Gasteiger partial charge in [0, 0.05) is 0 Å². The number of aryl methyl sites for hydroxylation is 2. The van der Waals surface area contributed by atoms with Gasteiger partial charge in [0.1, 0.15) is 13.1 Å². The Labute approximate surface area is 189 Å². The van der Waals surface area contributed by atoms with E-state index in [2.05, 4.69) is 112 Å². The number of hydrogen-bond acceptors (Lipinski definition) is 1. The molecule has 0 spiro atoms. The summed E-state index contributed by atoms with van der Waals surface area (Å²) in [6, 6.07) is 23.7. The van der Waals surface area contributed by atoms with Crippen molar-refractivity contribution in [3.05, 3.63) is 90.8 Å². The Morgan fingerprint density at radius 3 is 1.56 bits per heavy atom. The number of imidazole rings is 2. The summed E-state index contributed by atoms with van der Waals surface area (Å²) in [5.41, 5.74) is 7.25. The average molecular weight is 426 g/mol. The second kappa shape index (κ2) is 8.95. The Morgan fingerprint density at radius 1 is 0.625 bits per heavy atom. The van der Waals surface area contributed by atoms with Crippen LogP contribution in [0.4, 0.5) is 0 Å². The SMILES string of the molecule is CCCn1c[n+](Cc2cccc(C[n+]3cn(CCC)c4ccccc43)n2)c2ccccc21. The number of hydrogen-bond donors (Lipinski definition) is 0. The van der Waals surface area contributed by atoms with Gasteiger partial charge in [0.05, 0.1) is 24.5 Å². The summed E-state index contributed by atoms with van der Waals surface area (Å²) in [4.78, 5) is 5.03. The van der Waals surface area contributed by atoms with Gasteiger partial charge in [-0.2, -0.15) is 0 Å². The van der Waals surface area contributed by atoms with Crippen molar-refractivity contribution in [1.29, 1.82) is 0 Å². The van der Waals surface area contributed by atoms with Gasteiger partial charge in [-0.1, -0.05) is 44.2 Å². The summed E-state index contributed by atoms with van der Waals surface area (Å²) >= 11 is 0. The number of fused-ring (bicyclic) bond motifs is 2. The lowest BCUT2D eigenvalue weighted by Crippen LogP contribution is -2.35. The average Bonchev–Trinajstić information content (AvgIpc) is 3.33. The smallest absolute Gasteiger partial charge is 0.245 e. The monoisotopic (exact) mass is 425 g/mol. The number of pyridine rings is 1. The van der Waals surface area contributed by atoms with E-state index in [0.29, 0.717) is 0 Å². The Hall–Kier alpha value is -3.47. The van der Waals surface area contributed by atoms with E-state index in [9.17, 15) is 0 Å². The van der Waals surface area contributed by atoms with Crippen LogP contribution in [0.15, 0.2) is 79.4 Å². The van der Waals surface area contributed by atoms with Crippen LogP contribution in [0.3, 0.4) is 0 Å². The van der Waals surface area contributed by atoms with Crippen molar-refractivity contribution in [2.75, 3.05) is 0 Å². The molecule has 0 aliphatic heterocycles. The summed E-state index contributed by atoms with van der Waals surface area (Å²) in [6.07, 6.45) is 6.70. The second-order valence-corrected chi connectivity index (χ2v) is 8.47. The Balaban J connectivity index is 1.44. The second-order valence-electron chi connectivity index (χ2n) is 8.47. The molecule has 5 rings (SSSR count). The first-order chi connectivity index (χ1) is 15.8. The molecule has 0 radical (unpaired) electrons. The standard InChI is InChI=1S/C27H31N5/c1-3-16-29-20-31(26-14-7-5-12-24(26)29)18-22-10-9-11-23(28-22)19-32-21-30(17-4-2)25-13-6-8-15-27(25)32/h5-15,20-21H,3-4,16-19H2,1-2H3/q+2. The molecule has 5 aromatic rings. The molecule has 0 saturated heterocycles. The summed E-state index contributed by atoms with van der Waals surface area (Å²) in [7, 11) is 0. The number of para-hydroxylation sites is 4. The van der Waals surface area contributed by atoms with Crippen molar-refractivity contribution >= 4 is 22.1 Å². The first-order valence-corrected chi connectivity index (χ1v) is 11.7. The van der Waals surface area contributed by atoms with E-state index in [1.807, 2.05) is 0 Å². The quantitative estimate of drug-likeness (QED) is 0.337. The van der Waals surface area contributed by atoms with Gasteiger partial charge < -0.3 is 0 Å². The van der Waals surface area contributed by atoms with Gasteiger partial charge in [-0.05, 0) is 49.2 Å². The number of rotatable bonds is 8. The predicted octanol–water partition coefficient (Wildman–Crippen LogP) is 4.48. The Bertz CT molecular complexity index is 1260. The molecule has 2 aromatic carbocycles. The molecule has 0 aliphatic carbocycles. The highest BCUT2D eigenvalue weighted by Crippen LogP contribution is 2.14. The van der Waals surface area contributed by atoms with Crippen molar-refractivity contribution in [1.82, 2.24) is 14.1 Å². The first kappa shape index (κ1) is 20.4. The van der Waals surface area contributed by atoms with Gasteiger partial charge in [0.2, 0.25) is 12.7 Å². The van der Waals surface area contributed by atoms with Gasteiger partial charge >= 0.3 is 0 Å². The summed E-state index contributed by atoms with van der Waals surface area (Å²) in [6.45, 7) is 8.04. The minimum absolute atomic E-state index is 0.771. The van der Waals surface area contributed by atoms with Crippen molar-refractivity contribution in [2.24, 2.45) is 0 Å². The fourth-order valence-electron chi connectivity index (χ4n) is 4.63. The van der Waals surface area contributed by atoms with E-state index in [0.717, 1.165) is 50.4 Å². The van der Waals surface area contributed by atoms with Crippen LogP contribution in [0.25, 0.3) is 22.1 Å². The van der Waals surface area contributed by atoms with E-state index in [4.69, 9.17) is 4.98 Å². The molecule has 0 saturated carbocycles. The highest BCUT2D eigenvalue weighted by atomic mass is 15.1. The molecule has 0 amide bonds. The fraction of sp³-hybridized carbons (Fsp3) is 0.296. The molecule has 32 heavy (non-hydrogen) atoms. The van der Waals surface area contributed by atoms with Crippen molar-refractivity contribution in [2.45, 2.75) is 52.9 Å². The van der Waals surface area contributed by atoms with E-state index in [1.54, 1.807) is 0 Å². The summed E-state index contributed by atoms with van der Waals surface area (Å²) in [5, 5.41) is 0. The lowest BCUT2D eigenvalue weighted by atomic mass is 10.2. The molecule has 0 bridgehead atoms. The normalized spacial score (nSPS) is 11.6. The van der Waals surface area contributed by atoms with Crippen LogP contribution in [0.1, 0.15) is 38.1 Å². The molecule has 0 fully saturated rings. The molecule has 5 nitrogen and oxygen atoms in total. The topological polar surface area (TPSA) is 30.5 Å². The lowest BCUT2D eigenvalue weighted by Gasteiger charge is -2.03. The molecule has 0 unspecified atom stereocenters. The molecular formula is C27H31N5+2. The van der Waals surface area contributed by atoms with Gasteiger partial charge in [-0.25, -0.2) is 23.3 Å². The maximum Gasteiger partial charge on any atom is 0.245 e. The fourth-order valence-corrected chi connectivity index (χ4v) is 4.63.